The summed E-state index contributed by atoms with van der Waals surface area (Å²) in [7, 11) is 1.86. The van der Waals surface area contributed by atoms with Crippen molar-refractivity contribution in [1.82, 2.24) is 4.90 Å². The van der Waals surface area contributed by atoms with E-state index in [-0.39, 0.29) is 18.5 Å². The van der Waals surface area contributed by atoms with Crippen molar-refractivity contribution >= 4 is 5.97 Å². The molecule has 0 saturated carbocycles. The lowest BCUT2D eigenvalue weighted by atomic mass is 9.84. The van der Waals surface area contributed by atoms with Gasteiger partial charge >= 0.3 is 5.97 Å². The van der Waals surface area contributed by atoms with E-state index in [0.29, 0.717) is 13.2 Å². The van der Waals surface area contributed by atoms with Crippen LogP contribution in [0.4, 0.5) is 0 Å². The third kappa shape index (κ3) is 6.51. The molecule has 0 fully saturated rings. The van der Waals surface area contributed by atoms with Crippen molar-refractivity contribution in [2.24, 2.45) is 0 Å². The number of ether oxygens (including phenoxy) is 1. The normalized spacial score (nSPS) is 12.3. The Balaban J connectivity index is 1.88. The number of carbonyl (C=O) groups is 1. The number of nitrogens with zero attached hydrogens (tertiary/aromatic N) is 1. The quantitative estimate of drug-likeness (QED) is 0.502. The van der Waals surface area contributed by atoms with E-state index in [0.717, 1.165) is 16.7 Å². The van der Waals surface area contributed by atoms with Gasteiger partial charge in [-0.15, -0.1) is 0 Å². The Labute approximate surface area is 185 Å². The average Bonchev–Trinajstić information content (AvgIpc) is 2.73. The van der Waals surface area contributed by atoms with Crippen LogP contribution in [0.15, 0.2) is 78.9 Å². The molecule has 3 aromatic carbocycles. The van der Waals surface area contributed by atoms with Crippen molar-refractivity contribution in [3.8, 4) is 0 Å². The molecule has 0 aliphatic rings. The van der Waals surface area contributed by atoms with Gasteiger partial charge in [-0.2, -0.15) is 0 Å². The van der Waals surface area contributed by atoms with Gasteiger partial charge < -0.3 is 9.84 Å². The average molecular weight is 418 g/mol. The van der Waals surface area contributed by atoms with Gasteiger partial charge in [0.25, 0.3) is 0 Å². The Hall–Kier alpha value is -2.95. The summed E-state index contributed by atoms with van der Waals surface area (Å²) < 4.78 is 6.18. The number of aliphatic carboxylic acids is 1. The molecule has 1 N–H and O–H groups in total. The largest absolute Gasteiger partial charge is 0.480 e. The second kappa shape index (κ2) is 10.9. The molecule has 0 amide bonds. The molecule has 4 nitrogen and oxygen atoms in total. The molecular weight excluding hydrogens is 386 g/mol. The zero-order valence-electron chi connectivity index (χ0n) is 18.5. The Morgan fingerprint density at radius 3 is 1.90 bits per heavy atom. The van der Waals surface area contributed by atoms with Crippen molar-refractivity contribution in [3.63, 3.8) is 0 Å². The summed E-state index contributed by atoms with van der Waals surface area (Å²) in [5.41, 5.74) is 5.85. The minimum Gasteiger partial charge on any atom is -0.480 e. The van der Waals surface area contributed by atoms with Gasteiger partial charge in [-0.1, -0.05) is 90.0 Å². The lowest BCUT2D eigenvalue weighted by molar-refractivity contribution is -0.138. The first-order valence-electron chi connectivity index (χ1n) is 10.6. The molecule has 0 spiro atoms. The highest BCUT2D eigenvalue weighted by Gasteiger charge is 2.29. The highest BCUT2D eigenvalue weighted by atomic mass is 16.5. The standard InChI is InChI=1S/C27H31NO3/c1-20-14-21(2)16-22(15-20)18-31-19-25(28(3)17-26(29)30)27(23-10-6-4-7-11-23)24-12-8-5-9-13-24/h4-16,25,27H,17-19H2,1-3H3,(H,29,30)/t25-/m1/s1. The van der Waals surface area contributed by atoms with Crippen LogP contribution in [0.3, 0.4) is 0 Å². The van der Waals surface area contributed by atoms with E-state index >= 15 is 0 Å². The van der Waals surface area contributed by atoms with Gasteiger partial charge in [0.1, 0.15) is 0 Å². The van der Waals surface area contributed by atoms with Gasteiger partial charge in [-0.3, -0.25) is 9.69 Å². The fraction of sp³-hybridized carbons (Fsp3) is 0.296. The van der Waals surface area contributed by atoms with Gasteiger partial charge in [0.2, 0.25) is 0 Å². The fourth-order valence-corrected chi connectivity index (χ4v) is 4.22. The van der Waals surface area contributed by atoms with Crippen molar-refractivity contribution in [1.29, 1.82) is 0 Å². The number of benzene rings is 3. The van der Waals surface area contributed by atoms with E-state index < -0.39 is 5.97 Å². The lowest BCUT2D eigenvalue weighted by Crippen LogP contribution is -2.43. The topological polar surface area (TPSA) is 49.8 Å². The van der Waals surface area contributed by atoms with Gasteiger partial charge in [0.05, 0.1) is 19.8 Å². The maximum absolute atomic E-state index is 11.5. The van der Waals surface area contributed by atoms with Crippen LogP contribution in [-0.2, 0) is 16.1 Å². The van der Waals surface area contributed by atoms with Crippen LogP contribution in [0.25, 0.3) is 0 Å². The summed E-state index contributed by atoms with van der Waals surface area (Å²) in [6, 6.07) is 26.8. The number of hydrogen-bond acceptors (Lipinski definition) is 3. The smallest absolute Gasteiger partial charge is 0.317 e. The molecule has 1 atom stereocenters. The predicted octanol–water partition coefficient (Wildman–Crippen LogP) is 5.04. The summed E-state index contributed by atoms with van der Waals surface area (Å²) in [5, 5.41) is 9.44. The third-order valence-electron chi connectivity index (χ3n) is 5.49. The number of likely N-dealkylation sites (N-methyl/N-ethyl adjacent to an activating group) is 1. The molecule has 0 aliphatic carbocycles. The molecule has 0 bridgehead atoms. The van der Waals surface area contributed by atoms with E-state index in [2.05, 4.69) is 56.3 Å². The Bertz CT molecular complexity index is 913. The van der Waals surface area contributed by atoms with Crippen LogP contribution >= 0.6 is 0 Å². The van der Waals surface area contributed by atoms with Crippen molar-refractivity contribution in [3.05, 3.63) is 107 Å². The first kappa shape index (κ1) is 22.7. The molecule has 0 saturated heterocycles. The lowest BCUT2D eigenvalue weighted by Gasteiger charge is -2.34. The summed E-state index contributed by atoms with van der Waals surface area (Å²) in [6.07, 6.45) is 0. The molecule has 3 rings (SSSR count). The summed E-state index contributed by atoms with van der Waals surface area (Å²) in [6.45, 7) is 5.04. The minimum absolute atomic E-state index is 0.00834. The second-order valence-electron chi connectivity index (χ2n) is 8.19. The highest BCUT2D eigenvalue weighted by Crippen LogP contribution is 2.31. The maximum atomic E-state index is 11.5. The van der Waals surface area contributed by atoms with Gasteiger partial charge in [0, 0.05) is 12.0 Å². The number of hydrogen-bond donors (Lipinski definition) is 1. The van der Waals surface area contributed by atoms with Gasteiger partial charge in [-0.25, -0.2) is 0 Å². The number of rotatable bonds is 10. The first-order valence-corrected chi connectivity index (χ1v) is 10.6. The third-order valence-corrected chi connectivity index (χ3v) is 5.49. The number of aryl methyl sites for hydroxylation is 2. The fourth-order valence-electron chi connectivity index (χ4n) is 4.22. The van der Waals surface area contributed by atoms with Gasteiger partial charge in [-0.05, 0) is 37.6 Å². The SMILES string of the molecule is Cc1cc(C)cc(COC[C@H](C(c2ccccc2)c2ccccc2)N(C)CC(=O)O)c1. The second-order valence-corrected chi connectivity index (χ2v) is 8.19. The van der Waals surface area contributed by atoms with E-state index in [1.165, 1.54) is 11.1 Å². The Morgan fingerprint density at radius 2 is 1.42 bits per heavy atom. The Kier molecular flexibility index (Phi) is 7.99. The zero-order chi connectivity index (χ0) is 22.2. The van der Waals surface area contributed by atoms with Crippen molar-refractivity contribution < 1.29 is 14.6 Å². The monoisotopic (exact) mass is 417 g/mol. The van der Waals surface area contributed by atoms with Crippen LogP contribution < -0.4 is 0 Å². The molecular formula is C27H31NO3. The predicted molar refractivity (Wildman–Crippen MR) is 124 cm³/mol. The van der Waals surface area contributed by atoms with Crippen LogP contribution in [0, 0.1) is 13.8 Å². The molecule has 0 aliphatic heterocycles. The molecule has 162 valence electrons. The molecule has 0 radical (unpaired) electrons. The highest BCUT2D eigenvalue weighted by molar-refractivity contribution is 5.69. The number of carboxylic acid groups (broad SMARTS) is 1. The Morgan fingerprint density at radius 1 is 0.903 bits per heavy atom. The maximum Gasteiger partial charge on any atom is 0.317 e. The summed E-state index contributed by atoms with van der Waals surface area (Å²) in [4.78, 5) is 13.4. The van der Waals surface area contributed by atoms with Crippen LogP contribution in [0.1, 0.15) is 33.7 Å². The van der Waals surface area contributed by atoms with E-state index in [4.69, 9.17) is 4.74 Å². The molecule has 31 heavy (non-hydrogen) atoms. The summed E-state index contributed by atoms with van der Waals surface area (Å²) in [5.74, 6) is -0.854. The number of carboxylic acids is 1. The molecule has 3 aromatic rings. The van der Waals surface area contributed by atoms with Crippen LogP contribution in [0.5, 0.6) is 0 Å². The summed E-state index contributed by atoms with van der Waals surface area (Å²) >= 11 is 0. The van der Waals surface area contributed by atoms with Crippen molar-refractivity contribution in [2.45, 2.75) is 32.4 Å². The molecule has 0 aromatic heterocycles. The van der Waals surface area contributed by atoms with Crippen LogP contribution in [0.2, 0.25) is 0 Å². The minimum atomic E-state index is -0.846. The van der Waals surface area contributed by atoms with E-state index in [1.807, 2.05) is 48.3 Å². The van der Waals surface area contributed by atoms with E-state index in [9.17, 15) is 9.90 Å². The van der Waals surface area contributed by atoms with Crippen LogP contribution in [-0.4, -0.2) is 42.2 Å². The van der Waals surface area contributed by atoms with Crippen molar-refractivity contribution in [2.75, 3.05) is 20.2 Å². The first-order chi connectivity index (χ1) is 14.9. The van der Waals surface area contributed by atoms with Gasteiger partial charge in [0.15, 0.2) is 0 Å². The molecule has 4 heteroatoms. The van der Waals surface area contributed by atoms with E-state index in [1.54, 1.807) is 0 Å². The molecule has 0 heterocycles. The molecule has 0 unspecified atom stereocenters. The zero-order valence-corrected chi connectivity index (χ0v) is 18.5.